The van der Waals surface area contributed by atoms with Crippen LogP contribution in [0, 0.1) is 17.8 Å². The molecule has 3 rings (SSSR count). The predicted octanol–water partition coefficient (Wildman–Crippen LogP) is 5.35. The van der Waals surface area contributed by atoms with Crippen molar-refractivity contribution in [1.29, 1.82) is 0 Å². The maximum absolute atomic E-state index is 9.79. The Labute approximate surface area is 149 Å². The Balaban J connectivity index is 1.66. The molecule has 2 aliphatic rings. The summed E-state index contributed by atoms with van der Waals surface area (Å²) in [6, 6.07) is 16.1. The van der Waals surface area contributed by atoms with E-state index in [0.29, 0.717) is 0 Å². The van der Waals surface area contributed by atoms with Gasteiger partial charge >= 0.3 is 0 Å². The van der Waals surface area contributed by atoms with Gasteiger partial charge in [0.1, 0.15) is 0 Å². The summed E-state index contributed by atoms with van der Waals surface area (Å²) >= 11 is 0. The Kier molecular flexibility index (Phi) is 6.20. The molecule has 2 fully saturated rings. The first-order valence-electron chi connectivity index (χ1n) is 10.3. The number of aliphatic hydroxyl groups excluding tert-OH is 1. The molecule has 2 heteroatoms. The molecule has 0 radical (unpaired) electrons. The Hall–Kier alpha value is -0.603. The van der Waals surface area contributed by atoms with Gasteiger partial charge in [-0.05, 0) is 43.4 Å². The highest BCUT2D eigenvalue weighted by atomic mass is 28.3. The van der Waals surface area contributed by atoms with E-state index < -0.39 is 8.07 Å². The van der Waals surface area contributed by atoms with Gasteiger partial charge in [0.2, 0.25) is 0 Å². The molecule has 0 spiro atoms. The minimum atomic E-state index is -1.29. The number of aliphatic hydroxyl groups is 1. The van der Waals surface area contributed by atoms with E-state index in [1.165, 1.54) is 50.2 Å². The van der Waals surface area contributed by atoms with E-state index in [4.69, 9.17) is 0 Å². The Morgan fingerprint density at radius 3 is 2.08 bits per heavy atom. The van der Waals surface area contributed by atoms with Gasteiger partial charge in [0, 0.05) is 0 Å². The zero-order chi connectivity index (χ0) is 17.0. The largest absolute Gasteiger partial charge is 0.393 e. The van der Waals surface area contributed by atoms with Gasteiger partial charge < -0.3 is 5.11 Å². The molecule has 0 bridgehead atoms. The van der Waals surface area contributed by atoms with Gasteiger partial charge in [-0.1, -0.05) is 86.8 Å². The first-order valence-corrected chi connectivity index (χ1v) is 12.9. The van der Waals surface area contributed by atoms with E-state index in [-0.39, 0.29) is 6.10 Å². The molecule has 0 unspecified atom stereocenters. The van der Waals surface area contributed by atoms with Crippen molar-refractivity contribution in [2.75, 3.05) is 0 Å². The predicted molar refractivity (Wildman–Crippen MR) is 106 cm³/mol. The molecule has 0 atom stereocenters. The molecule has 1 saturated heterocycles. The summed E-state index contributed by atoms with van der Waals surface area (Å²) in [6.07, 6.45) is 8.97. The highest BCUT2D eigenvalue weighted by Crippen LogP contribution is 2.43. The zero-order valence-electron chi connectivity index (χ0n) is 15.7. The van der Waals surface area contributed by atoms with E-state index in [0.717, 1.165) is 30.6 Å². The molecule has 1 N–H and O–H groups in total. The second-order valence-corrected chi connectivity index (χ2v) is 13.6. The van der Waals surface area contributed by atoms with Crippen molar-refractivity contribution in [3.63, 3.8) is 0 Å². The molecule has 24 heavy (non-hydrogen) atoms. The quantitative estimate of drug-likeness (QED) is 0.714. The third-order valence-corrected chi connectivity index (χ3v) is 12.3. The van der Waals surface area contributed by atoms with Crippen molar-refractivity contribution >= 4 is 13.3 Å². The lowest BCUT2D eigenvalue weighted by atomic mass is 9.76. The van der Waals surface area contributed by atoms with Crippen LogP contribution in [0.4, 0.5) is 0 Å². The van der Waals surface area contributed by atoms with E-state index in [9.17, 15) is 5.11 Å². The Bertz CT molecular complexity index is 482. The minimum Gasteiger partial charge on any atom is -0.393 e. The van der Waals surface area contributed by atoms with Gasteiger partial charge in [0.05, 0.1) is 14.2 Å². The topological polar surface area (TPSA) is 20.2 Å². The van der Waals surface area contributed by atoms with Crippen LogP contribution in [0.2, 0.25) is 18.1 Å². The summed E-state index contributed by atoms with van der Waals surface area (Å²) in [6.45, 7) is 4.76. The highest BCUT2D eigenvalue weighted by molar-refractivity contribution is 6.92. The van der Waals surface area contributed by atoms with Crippen molar-refractivity contribution in [2.45, 2.75) is 83.0 Å². The van der Waals surface area contributed by atoms with Crippen LogP contribution in [0.5, 0.6) is 0 Å². The van der Waals surface area contributed by atoms with E-state index >= 15 is 0 Å². The fraction of sp³-hybridized carbons (Fsp3) is 0.727. The Morgan fingerprint density at radius 1 is 0.917 bits per heavy atom. The molecule has 134 valence electrons. The van der Waals surface area contributed by atoms with Gasteiger partial charge in [0.15, 0.2) is 0 Å². The highest BCUT2D eigenvalue weighted by Gasteiger charge is 2.40. The van der Waals surface area contributed by atoms with Crippen LogP contribution >= 0.6 is 0 Å². The van der Waals surface area contributed by atoms with E-state index in [1.807, 2.05) is 0 Å². The fourth-order valence-corrected chi connectivity index (χ4v) is 10.8. The van der Waals surface area contributed by atoms with Gasteiger partial charge in [0.25, 0.3) is 0 Å². The van der Waals surface area contributed by atoms with Crippen LogP contribution in [0.3, 0.4) is 0 Å². The molecule has 0 amide bonds. The molecular formula is C22H36OSi. The monoisotopic (exact) mass is 344 g/mol. The van der Waals surface area contributed by atoms with Crippen molar-refractivity contribution in [1.82, 2.24) is 0 Å². The second kappa shape index (κ2) is 8.18. The van der Waals surface area contributed by atoms with Crippen LogP contribution in [0.1, 0.15) is 58.8 Å². The van der Waals surface area contributed by atoms with Crippen molar-refractivity contribution in [2.24, 2.45) is 17.8 Å². The fourth-order valence-electron chi connectivity index (χ4n) is 5.28. The minimum absolute atomic E-state index is 0.00586. The maximum Gasteiger partial charge on any atom is 0.0867 e. The average Bonchev–Trinajstić information content (AvgIpc) is 2.62. The third-order valence-electron chi connectivity index (χ3n) is 6.98. The van der Waals surface area contributed by atoms with Gasteiger partial charge in [-0.3, -0.25) is 0 Å². The van der Waals surface area contributed by atoms with Crippen LogP contribution in [0.15, 0.2) is 30.3 Å². The Morgan fingerprint density at radius 2 is 1.50 bits per heavy atom. The lowest BCUT2D eigenvalue weighted by Gasteiger charge is -2.43. The molecule has 0 aromatic heterocycles. The van der Waals surface area contributed by atoms with Crippen LogP contribution in [0.25, 0.3) is 0 Å². The van der Waals surface area contributed by atoms with Gasteiger partial charge in [-0.2, -0.15) is 0 Å². The number of hydrogen-bond donors (Lipinski definition) is 1. The summed E-state index contributed by atoms with van der Waals surface area (Å²) in [7, 11) is -1.29. The van der Waals surface area contributed by atoms with Crippen LogP contribution in [-0.4, -0.2) is 19.3 Å². The molecular weight excluding hydrogens is 308 g/mol. The number of rotatable bonds is 5. The number of benzene rings is 1. The summed E-state index contributed by atoms with van der Waals surface area (Å²) in [4.78, 5) is 0. The first kappa shape index (κ1) is 18.2. The third kappa shape index (κ3) is 4.32. The normalized spacial score (nSPS) is 34.4. The molecule has 1 aromatic carbocycles. The van der Waals surface area contributed by atoms with Crippen LogP contribution < -0.4 is 5.19 Å². The average molecular weight is 345 g/mol. The van der Waals surface area contributed by atoms with E-state index in [1.54, 1.807) is 5.19 Å². The molecule has 1 aliphatic heterocycles. The number of hydrogen-bond acceptors (Lipinski definition) is 1. The summed E-state index contributed by atoms with van der Waals surface area (Å²) in [5.41, 5.74) is 0. The lowest BCUT2D eigenvalue weighted by Crippen LogP contribution is -2.50. The van der Waals surface area contributed by atoms with Crippen molar-refractivity contribution in [3.8, 4) is 0 Å². The van der Waals surface area contributed by atoms with E-state index in [2.05, 4.69) is 44.2 Å². The SMILES string of the molecule is CC(C)CC[Si]1(c2ccccc2)CCC(C2CCC(O)CC2)CC1. The first-order chi connectivity index (χ1) is 11.6. The smallest absolute Gasteiger partial charge is 0.0867 e. The second-order valence-electron chi connectivity index (χ2n) is 8.98. The van der Waals surface area contributed by atoms with Crippen molar-refractivity contribution in [3.05, 3.63) is 30.3 Å². The zero-order valence-corrected chi connectivity index (χ0v) is 16.7. The van der Waals surface area contributed by atoms with Gasteiger partial charge in [-0.15, -0.1) is 0 Å². The maximum atomic E-state index is 9.79. The summed E-state index contributed by atoms with van der Waals surface area (Å²) in [5, 5.41) is 11.5. The molecule has 1 aromatic rings. The van der Waals surface area contributed by atoms with Crippen LogP contribution in [-0.2, 0) is 0 Å². The standard InChI is InChI=1S/C22H36OSi/c1-18(2)12-15-24(22-6-4-3-5-7-22)16-13-20(14-17-24)19-8-10-21(23)11-9-19/h3-7,18-21,23H,8-17H2,1-2H3. The summed E-state index contributed by atoms with van der Waals surface area (Å²) in [5.74, 6) is 2.68. The molecule has 1 nitrogen and oxygen atoms in total. The molecule has 1 saturated carbocycles. The summed E-state index contributed by atoms with van der Waals surface area (Å²) < 4.78 is 0. The van der Waals surface area contributed by atoms with Crippen molar-refractivity contribution < 1.29 is 5.11 Å². The molecule has 1 heterocycles. The molecule has 1 aliphatic carbocycles. The lowest BCUT2D eigenvalue weighted by molar-refractivity contribution is 0.0880. The van der Waals surface area contributed by atoms with Gasteiger partial charge in [-0.25, -0.2) is 0 Å².